The number of aromatic nitrogens is 2. The zero-order valence-corrected chi connectivity index (χ0v) is 11.6. The van der Waals surface area contributed by atoms with Crippen molar-refractivity contribution in [1.29, 1.82) is 0 Å². The van der Waals surface area contributed by atoms with Gasteiger partial charge in [0.05, 0.1) is 9.90 Å². The number of aryl methyl sites for hydroxylation is 1. The Bertz CT molecular complexity index is 511. The molecular weight excluding hydrogens is 254 g/mol. The maximum Gasteiger partial charge on any atom is 0.171 e. The molecule has 0 unspecified atom stereocenters. The van der Waals surface area contributed by atoms with Crippen LogP contribution in [0.5, 0.6) is 0 Å². The molecule has 0 aliphatic carbocycles. The van der Waals surface area contributed by atoms with Crippen molar-refractivity contribution in [2.75, 3.05) is 12.4 Å². The van der Waals surface area contributed by atoms with Gasteiger partial charge >= 0.3 is 0 Å². The molecular formula is C12H14ClN3S. The van der Waals surface area contributed by atoms with Crippen molar-refractivity contribution in [2.24, 2.45) is 0 Å². The van der Waals surface area contributed by atoms with E-state index in [2.05, 4.69) is 22.2 Å². The van der Waals surface area contributed by atoms with Crippen molar-refractivity contribution in [1.82, 2.24) is 9.97 Å². The lowest BCUT2D eigenvalue weighted by Gasteiger charge is -2.10. The Morgan fingerprint density at radius 3 is 2.71 bits per heavy atom. The first-order valence-corrected chi connectivity index (χ1v) is 6.71. The fourth-order valence-electron chi connectivity index (χ4n) is 1.69. The predicted octanol–water partition coefficient (Wildman–Crippen LogP) is 3.77. The lowest BCUT2D eigenvalue weighted by molar-refractivity contribution is 0.980. The summed E-state index contributed by atoms with van der Waals surface area (Å²) >= 11 is 7.49. The molecule has 2 rings (SSSR count). The summed E-state index contributed by atoms with van der Waals surface area (Å²) in [6.07, 6.45) is 0.898. The van der Waals surface area contributed by atoms with E-state index in [-0.39, 0.29) is 0 Å². The Kier molecular flexibility index (Phi) is 3.64. The van der Waals surface area contributed by atoms with Crippen molar-refractivity contribution < 1.29 is 0 Å². The normalized spacial score (nSPS) is 10.6. The summed E-state index contributed by atoms with van der Waals surface area (Å²) in [7, 11) is 1.87. The first-order valence-electron chi connectivity index (χ1n) is 5.45. The van der Waals surface area contributed by atoms with Gasteiger partial charge in [-0.3, -0.25) is 0 Å². The van der Waals surface area contributed by atoms with Crippen LogP contribution >= 0.6 is 22.9 Å². The van der Waals surface area contributed by atoms with Gasteiger partial charge in [-0.1, -0.05) is 18.5 Å². The van der Waals surface area contributed by atoms with Crippen LogP contribution in [0.4, 0.5) is 5.82 Å². The summed E-state index contributed by atoms with van der Waals surface area (Å²) in [4.78, 5) is 10.1. The smallest absolute Gasteiger partial charge is 0.171 e. The van der Waals surface area contributed by atoms with Gasteiger partial charge in [-0.2, -0.15) is 0 Å². The molecule has 0 aliphatic rings. The molecule has 1 N–H and O–H groups in total. The molecule has 0 bridgehead atoms. The molecule has 0 saturated carbocycles. The monoisotopic (exact) mass is 267 g/mol. The van der Waals surface area contributed by atoms with Gasteiger partial charge in [0.15, 0.2) is 5.82 Å². The van der Waals surface area contributed by atoms with Crippen LogP contribution in [0.3, 0.4) is 0 Å². The molecule has 3 nitrogen and oxygen atoms in total. The minimum absolute atomic E-state index is 0.734. The second kappa shape index (κ2) is 5.02. The van der Waals surface area contributed by atoms with E-state index in [1.165, 1.54) is 0 Å². The highest BCUT2D eigenvalue weighted by Gasteiger charge is 2.11. The summed E-state index contributed by atoms with van der Waals surface area (Å²) < 4.78 is 0. The molecule has 0 atom stereocenters. The summed E-state index contributed by atoms with van der Waals surface area (Å²) in [6, 6.07) is 1.90. The molecule has 90 valence electrons. The minimum Gasteiger partial charge on any atom is -0.373 e. The first-order chi connectivity index (χ1) is 8.15. The van der Waals surface area contributed by atoms with Gasteiger partial charge in [0.25, 0.3) is 0 Å². The van der Waals surface area contributed by atoms with Crippen LogP contribution in [-0.2, 0) is 6.42 Å². The second-order valence-corrected chi connectivity index (χ2v) is 5.05. The van der Waals surface area contributed by atoms with Crippen molar-refractivity contribution in [3.05, 3.63) is 27.7 Å². The van der Waals surface area contributed by atoms with Crippen LogP contribution in [0.1, 0.15) is 18.2 Å². The van der Waals surface area contributed by atoms with Crippen molar-refractivity contribution in [2.45, 2.75) is 20.3 Å². The van der Waals surface area contributed by atoms with Gasteiger partial charge in [0.2, 0.25) is 0 Å². The Labute approximate surface area is 110 Å². The third-order valence-electron chi connectivity index (χ3n) is 2.61. The minimum atomic E-state index is 0.734. The summed E-state index contributed by atoms with van der Waals surface area (Å²) in [6.45, 7) is 4.13. The number of hydrogen-bond donors (Lipinski definition) is 1. The Hall–Kier alpha value is -1.13. The molecule has 0 radical (unpaired) electrons. The zero-order chi connectivity index (χ0) is 12.4. The standard InChI is InChI=1S/C12H14ClN3S/c1-4-9-7(2)11(14-3)16-12(15-9)10-5-8(13)6-17-10/h5-6H,4H2,1-3H3,(H,14,15,16). The summed E-state index contributed by atoms with van der Waals surface area (Å²) in [5.74, 6) is 1.63. The number of anilines is 1. The quantitative estimate of drug-likeness (QED) is 0.920. The molecule has 0 saturated heterocycles. The van der Waals surface area contributed by atoms with Gasteiger partial charge in [-0.05, 0) is 19.4 Å². The predicted molar refractivity (Wildman–Crippen MR) is 74.0 cm³/mol. The van der Waals surface area contributed by atoms with Crippen molar-refractivity contribution >= 4 is 28.8 Å². The van der Waals surface area contributed by atoms with Gasteiger partial charge in [-0.15, -0.1) is 11.3 Å². The van der Waals surface area contributed by atoms with E-state index in [1.807, 2.05) is 25.4 Å². The number of thiophene rings is 1. The van der Waals surface area contributed by atoms with Crippen molar-refractivity contribution in [3.8, 4) is 10.7 Å². The van der Waals surface area contributed by atoms with E-state index in [1.54, 1.807) is 11.3 Å². The number of rotatable bonds is 3. The molecule has 0 amide bonds. The number of nitrogens with zero attached hydrogens (tertiary/aromatic N) is 2. The highest BCUT2D eigenvalue weighted by Crippen LogP contribution is 2.29. The SMILES string of the molecule is CCc1nc(-c2cc(Cl)cs2)nc(NC)c1C. The number of halogens is 1. The first kappa shape index (κ1) is 12.3. The van der Waals surface area contributed by atoms with Crippen molar-refractivity contribution in [3.63, 3.8) is 0 Å². The number of hydrogen-bond acceptors (Lipinski definition) is 4. The molecule has 2 aromatic rings. The molecule has 2 aromatic heterocycles. The van der Waals surface area contributed by atoms with Crippen LogP contribution in [0.25, 0.3) is 10.7 Å². The fraction of sp³-hybridized carbons (Fsp3) is 0.333. The summed E-state index contributed by atoms with van der Waals surface area (Å²) in [5.41, 5.74) is 2.19. The van der Waals surface area contributed by atoms with E-state index in [0.29, 0.717) is 0 Å². The average Bonchev–Trinajstić information content (AvgIpc) is 2.76. The van der Waals surface area contributed by atoms with Gasteiger partial charge in [-0.25, -0.2) is 9.97 Å². The van der Waals surface area contributed by atoms with Crippen LogP contribution < -0.4 is 5.32 Å². The fourth-order valence-corrected chi connectivity index (χ4v) is 2.70. The van der Waals surface area contributed by atoms with E-state index >= 15 is 0 Å². The van der Waals surface area contributed by atoms with Gasteiger partial charge in [0, 0.05) is 23.7 Å². The number of nitrogens with one attached hydrogen (secondary N) is 1. The maximum absolute atomic E-state index is 5.93. The second-order valence-electron chi connectivity index (χ2n) is 3.70. The molecule has 0 spiro atoms. The molecule has 2 heterocycles. The molecule has 17 heavy (non-hydrogen) atoms. The van der Waals surface area contributed by atoms with Crippen LogP contribution in [0.15, 0.2) is 11.4 Å². The third-order valence-corrected chi connectivity index (χ3v) is 3.88. The molecule has 0 aromatic carbocycles. The Balaban J connectivity index is 2.55. The molecule has 0 aliphatic heterocycles. The lowest BCUT2D eigenvalue weighted by atomic mass is 10.2. The largest absolute Gasteiger partial charge is 0.373 e. The topological polar surface area (TPSA) is 37.8 Å². The van der Waals surface area contributed by atoms with E-state index in [4.69, 9.17) is 11.6 Å². The van der Waals surface area contributed by atoms with E-state index < -0.39 is 0 Å². The third kappa shape index (κ3) is 2.42. The average molecular weight is 268 g/mol. The van der Waals surface area contributed by atoms with Gasteiger partial charge < -0.3 is 5.32 Å². The van der Waals surface area contributed by atoms with E-state index in [0.717, 1.165) is 39.2 Å². The van der Waals surface area contributed by atoms with E-state index in [9.17, 15) is 0 Å². The highest BCUT2D eigenvalue weighted by molar-refractivity contribution is 7.14. The Morgan fingerprint density at radius 1 is 1.41 bits per heavy atom. The molecule has 5 heteroatoms. The Morgan fingerprint density at radius 2 is 2.18 bits per heavy atom. The van der Waals surface area contributed by atoms with Crippen LogP contribution in [0.2, 0.25) is 5.02 Å². The zero-order valence-electron chi connectivity index (χ0n) is 10.0. The lowest BCUT2D eigenvalue weighted by Crippen LogP contribution is -2.04. The maximum atomic E-state index is 5.93. The van der Waals surface area contributed by atoms with Crippen LogP contribution in [-0.4, -0.2) is 17.0 Å². The highest BCUT2D eigenvalue weighted by atomic mass is 35.5. The van der Waals surface area contributed by atoms with Crippen LogP contribution in [0, 0.1) is 6.92 Å². The summed E-state index contributed by atoms with van der Waals surface area (Å²) in [5, 5.41) is 5.74. The molecule has 0 fully saturated rings. The van der Waals surface area contributed by atoms with Gasteiger partial charge in [0.1, 0.15) is 5.82 Å².